The number of aliphatic imine (C=N–C) groups is 1. The van der Waals surface area contributed by atoms with Crippen molar-refractivity contribution >= 4 is 23.1 Å². The van der Waals surface area contributed by atoms with E-state index < -0.39 is 0 Å². The maximum Gasteiger partial charge on any atom is 0.255 e. The zero-order valence-electron chi connectivity index (χ0n) is 17.3. The van der Waals surface area contributed by atoms with Crippen molar-refractivity contribution in [1.29, 1.82) is 0 Å². The maximum atomic E-state index is 12.7. The summed E-state index contributed by atoms with van der Waals surface area (Å²) in [5, 5.41) is 7.23. The molecule has 2 aromatic carbocycles. The van der Waals surface area contributed by atoms with E-state index in [0.717, 1.165) is 30.1 Å². The number of anilines is 2. The summed E-state index contributed by atoms with van der Waals surface area (Å²) in [5.41, 5.74) is 4.48. The fraction of sp³-hybridized carbons (Fsp3) is 0.391. The number of amidine groups is 1. The smallest absolute Gasteiger partial charge is 0.255 e. The number of fused-ring (bicyclic) bond motifs is 1. The lowest BCUT2D eigenvalue weighted by Gasteiger charge is -2.44. The number of carbonyl (C=O) groups is 1. The Balaban J connectivity index is 1.73. The van der Waals surface area contributed by atoms with Crippen LogP contribution in [0.5, 0.6) is 0 Å². The van der Waals surface area contributed by atoms with Crippen molar-refractivity contribution in [3.63, 3.8) is 0 Å². The summed E-state index contributed by atoms with van der Waals surface area (Å²) in [6.07, 6.45) is 1.66. The molecule has 1 fully saturated rings. The molecule has 0 aliphatic carbocycles. The number of carbonyl (C=O) groups excluding carboxylic acids is 1. The molecule has 2 N–H and O–H groups in total. The summed E-state index contributed by atoms with van der Waals surface area (Å²) in [5.74, 6) is 0.853. The third-order valence-electron chi connectivity index (χ3n) is 5.62. The minimum absolute atomic E-state index is 0.0305. The molecule has 152 valence electrons. The lowest BCUT2D eigenvalue weighted by molar-refractivity contribution is 0.0777. The minimum atomic E-state index is -0.297. The largest absolute Gasteiger partial charge is 0.381 e. The second-order valence-corrected chi connectivity index (χ2v) is 8.03. The number of hydrogen-bond donors (Lipinski definition) is 2. The van der Waals surface area contributed by atoms with Crippen molar-refractivity contribution in [2.24, 2.45) is 4.99 Å². The standard InChI is InChI=1S/C23H28N4O2/c1-16-6-4-7-17(14-16)15-24-22-23(10-12-29-13-11-23)26-19-9-5-8-18(20(19)25-22)21(28)27(2)3/h4-9,14,26H,10-13,15H2,1-3H3,(H,24,25). The molecular weight excluding hydrogens is 364 g/mol. The Morgan fingerprint density at radius 2 is 1.93 bits per heavy atom. The van der Waals surface area contributed by atoms with Gasteiger partial charge in [0.1, 0.15) is 5.84 Å². The maximum absolute atomic E-state index is 12.7. The van der Waals surface area contributed by atoms with Crippen molar-refractivity contribution in [2.75, 3.05) is 37.9 Å². The average molecular weight is 393 g/mol. The van der Waals surface area contributed by atoms with Gasteiger partial charge in [-0.2, -0.15) is 0 Å². The number of para-hydroxylation sites is 1. The molecule has 0 saturated carbocycles. The lowest BCUT2D eigenvalue weighted by atomic mass is 9.85. The molecule has 0 unspecified atom stereocenters. The highest BCUT2D eigenvalue weighted by Gasteiger charge is 2.42. The molecule has 2 aromatic rings. The van der Waals surface area contributed by atoms with Crippen LogP contribution < -0.4 is 10.6 Å². The predicted molar refractivity (Wildman–Crippen MR) is 117 cm³/mol. The zero-order valence-corrected chi connectivity index (χ0v) is 17.3. The van der Waals surface area contributed by atoms with Gasteiger partial charge in [-0.15, -0.1) is 0 Å². The summed E-state index contributed by atoms with van der Waals surface area (Å²) >= 11 is 0. The molecule has 1 saturated heterocycles. The monoisotopic (exact) mass is 392 g/mol. The quantitative estimate of drug-likeness (QED) is 0.836. The van der Waals surface area contributed by atoms with Crippen LogP contribution in [0.3, 0.4) is 0 Å². The van der Waals surface area contributed by atoms with Crippen LogP contribution >= 0.6 is 0 Å². The summed E-state index contributed by atoms with van der Waals surface area (Å²) in [7, 11) is 3.54. The van der Waals surface area contributed by atoms with Crippen LogP contribution in [0.25, 0.3) is 0 Å². The molecule has 0 radical (unpaired) electrons. The van der Waals surface area contributed by atoms with Gasteiger partial charge in [0.05, 0.1) is 29.0 Å². The molecule has 29 heavy (non-hydrogen) atoms. The van der Waals surface area contributed by atoms with Gasteiger partial charge < -0.3 is 20.3 Å². The van der Waals surface area contributed by atoms with E-state index in [2.05, 4.69) is 41.8 Å². The first-order valence-corrected chi connectivity index (χ1v) is 10.1. The van der Waals surface area contributed by atoms with Gasteiger partial charge in [-0.05, 0) is 24.6 Å². The number of nitrogens with zero attached hydrogens (tertiary/aromatic N) is 2. The van der Waals surface area contributed by atoms with Crippen LogP contribution in [0.1, 0.15) is 34.3 Å². The number of amides is 1. The Labute approximate surface area is 172 Å². The average Bonchev–Trinajstić information content (AvgIpc) is 2.72. The highest BCUT2D eigenvalue weighted by molar-refractivity contribution is 6.14. The fourth-order valence-corrected chi connectivity index (χ4v) is 4.02. The Bertz CT molecular complexity index is 946. The summed E-state index contributed by atoms with van der Waals surface area (Å²) in [6, 6.07) is 14.2. The summed E-state index contributed by atoms with van der Waals surface area (Å²) < 4.78 is 5.62. The molecule has 1 amide bonds. The van der Waals surface area contributed by atoms with Gasteiger partial charge in [0.15, 0.2) is 0 Å². The van der Waals surface area contributed by atoms with E-state index in [1.54, 1.807) is 19.0 Å². The first kappa shape index (κ1) is 19.5. The highest BCUT2D eigenvalue weighted by Crippen LogP contribution is 2.39. The highest BCUT2D eigenvalue weighted by atomic mass is 16.5. The Morgan fingerprint density at radius 1 is 1.17 bits per heavy atom. The number of rotatable bonds is 3. The van der Waals surface area contributed by atoms with E-state index in [4.69, 9.17) is 9.73 Å². The number of aryl methyl sites for hydroxylation is 1. The second-order valence-electron chi connectivity index (χ2n) is 8.03. The van der Waals surface area contributed by atoms with Crippen LogP contribution in [0.2, 0.25) is 0 Å². The lowest BCUT2D eigenvalue weighted by Crippen LogP contribution is -2.56. The molecule has 2 aliphatic rings. The third kappa shape index (κ3) is 3.85. The normalized spacial score (nSPS) is 18.7. The van der Waals surface area contributed by atoms with Crippen LogP contribution in [0, 0.1) is 6.92 Å². The summed E-state index contributed by atoms with van der Waals surface area (Å²) in [4.78, 5) is 19.3. The SMILES string of the molecule is Cc1cccc(CN=C2Nc3c(cccc3C(=O)N(C)C)NC23CCOCC3)c1. The van der Waals surface area contributed by atoms with E-state index in [1.165, 1.54) is 11.1 Å². The number of hydrogen-bond acceptors (Lipinski definition) is 4. The topological polar surface area (TPSA) is 66.0 Å². The van der Waals surface area contributed by atoms with Gasteiger partial charge in [0.25, 0.3) is 5.91 Å². The van der Waals surface area contributed by atoms with Crippen LogP contribution in [0.15, 0.2) is 47.5 Å². The van der Waals surface area contributed by atoms with E-state index in [-0.39, 0.29) is 11.4 Å². The minimum Gasteiger partial charge on any atom is -0.381 e. The molecule has 1 spiro atoms. The van der Waals surface area contributed by atoms with E-state index >= 15 is 0 Å². The predicted octanol–water partition coefficient (Wildman–Crippen LogP) is 3.68. The number of nitrogens with one attached hydrogen (secondary N) is 2. The molecule has 6 nitrogen and oxygen atoms in total. The van der Waals surface area contributed by atoms with Crippen molar-refractivity contribution < 1.29 is 9.53 Å². The zero-order chi connectivity index (χ0) is 20.4. The molecule has 2 heterocycles. The Kier molecular flexibility index (Phi) is 5.28. The van der Waals surface area contributed by atoms with Gasteiger partial charge in [-0.25, -0.2) is 0 Å². The molecule has 2 aliphatic heterocycles. The van der Waals surface area contributed by atoms with Gasteiger partial charge in [0, 0.05) is 40.2 Å². The van der Waals surface area contributed by atoms with Gasteiger partial charge in [0.2, 0.25) is 0 Å². The molecule has 0 aromatic heterocycles. The van der Waals surface area contributed by atoms with Gasteiger partial charge in [-0.3, -0.25) is 9.79 Å². The molecule has 6 heteroatoms. The Morgan fingerprint density at radius 3 is 2.66 bits per heavy atom. The Hall–Kier alpha value is -2.86. The molecule has 4 rings (SSSR count). The van der Waals surface area contributed by atoms with E-state index in [1.807, 2.05) is 18.2 Å². The van der Waals surface area contributed by atoms with Gasteiger partial charge >= 0.3 is 0 Å². The van der Waals surface area contributed by atoms with E-state index in [0.29, 0.717) is 25.3 Å². The molecule has 0 atom stereocenters. The van der Waals surface area contributed by atoms with E-state index in [9.17, 15) is 4.79 Å². The van der Waals surface area contributed by atoms with Crippen molar-refractivity contribution in [3.05, 3.63) is 59.2 Å². The summed E-state index contributed by atoms with van der Waals surface area (Å²) in [6.45, 7) is 4.05. The fourth-order valence-electron chi connectivity index (χ4n) is 4.02. The van der Waals surface area contributed by atoms with Crippen molar-refractivity contribution in [2.45, 2.75) is 31.8 Å². The van der Waals surface area contributed by atoms with Crippen LogP contribution in [0.4, 0.5) is 11.4 Å². The third-order valence-corrected chi connectivity index (χ3v) is 5.62. The van der Waals surface area contributed by atoms with Crippen LogP contribution in [-0.4, -0.2) is 49.5 Å². The molecule has 0 bridgehead atoms. The van der Waals surface area contributed by atoms with Crippen LogP contribution in [-0.2, 0) is 11.3 Å². The molecular formula is C23H28N4O2. The first-order valence-electron chi connectivity index (χ1n) is 10.1. The second kappa shape index (κ2) is 7.87. The number of ether oxygens (including phenoxy) is 1. The number of benzene rings is 2. The van der Waals surface area contributed by atoms with Gasteiger partial charge in [-0.1, -0.05) is 35.9 Å². The van der Waals surface area contributed by atoms with Crippen molar-refractivity contribution in [3.8, 4) is 0 Å². The first-order chi connectivity index (χ1) is 14.0. The van der Waals surface area contributed by atoms with Crippen molar-refractivity contribution in [1.82, 2.24) is 4.90 Å².